The van der Waals surface area contributed by atoms with E-state index < -0.39 is 0 Å². The van der Waals surface area contributed by atoms with Crippen molar-refractivity contribution < 1.29 is 28.7 Å². The van der Waals surface area contributed by atoms with E-state index in [1.54, 1.807) is 0 Å². The van der Waals surface area contributed by atoms with E-state index in [2.05, 4.69) is 44.4 Å². The van der Waals surface area contributed by atoms with Crippen molar-refractivity contribution in [2.45, 2.75) is 372 Å². The fourth-order valence-electron chi connectivity index (χ4n) is 12.8. The van der Waals surface area contributed by atoms with Gasteiger partial charge in [0.2, 0.25) is 11.9 Å². The highest BCUT2D eigenvalue weighted by atomic mass is 16.5. The number of anilines is 2. The Labute approximate surface area is 570 Å². The standard InChI is InChI=1S/C78H136N8O8/c1-3-5-7-9-11-37-43-49-61-71(87)93-65-55-51-59-69-67-57-47-41-35-31-27-23-19-15-13-17-21-26-30-34-40-46-54-64-80-78(92)86-76-82-70(60-52-56-66-94-72(88)62-50-44-38-12-10-8-6-4-2)68(74(90)84-76)58-48-42-36-32-28-24-20-16-14-18-22-25-29-33-39-45-53-63-79-77(91)85-75(81-69)83-73(67)89/h3-4H,1-2,5-66H2,(H3,79,81,83,85,89,91)(H3,80,82,84,86,90,92). The maximum absolute atomic E-state index is 13.6. The number of aromatic amines is 2. The molecule has 0 aliphatic carbocycles. The number of aromatic nitrogens is 4. The van der Waals surface area contributed by atoms with Crippen LogP contribution in [0.2, 0.25) is 0 Å². The van der Waals surface area contributed by atoms with E-state index in [1.807, 2.05) is 12.2 Å². The third-order valence-electron chi connectivity index (χ3n) is 18.7. The molecule has 6 rings (SSSR count). The number of ether oxygens (including phenoxy) is 2. The second-order valence-corrected chi connectivity index (χ2v) is 27.2. The van der Waals surface area contributed by atoms with Crippen LogP contribution in [-0.2, 0) is 44.7 Å². The summed E-state index contributed by atoms with van der Waals surface area (Å²) in [6.07, 6.45) is 65.8. The molecular formula is C78H136N8O8. The highest BCUT2D eigenvalue weighted by Gasteiger charge is 2.17. The van der Waals surface area contributed by atoms with Gasteiger partial charge < -0.3 is 20.1 Å². The number of nitrogens with zero attached hydrogens (tertiary/aromatic N) is 2. The Bertz CT molecular complexity index is 2210. The van der Waals surface area contributed by atoms with Crippen molar-refractivity contribution in [1.29, 1.82) is 0 Å². The van der Waals surface area contributed by atoms with Gasteiger partial charge in [-0.3, -0.25) is 39.8 Å². The van der Waals surface area contributed by atoms with Crippen LogP contribution in [0.4, 0.5) is 21.5 Å². The van der Waals surface area contributed by atoms with Gasteiger partial charge in [-0.15, -0.1) is 13.2 Å². The average molecular weight is 1310 g/mol. The number of nitrogens with one attached hydrogen (secondary N) is 6. The Balaban J connectivity index is 1.43. The number of hydrogen-bond donors (Lipinski definition) is 6. The number of rotatable bonds is 28. The van der Waals surface area contributed by atoms with Crippen LogP contribution >= 0.6 is 0 Å². The van der Waals surface area contributed by atoms with Crippen molar-refractivity contribution in [2.24, 2.45) is 0 Å². The highest BCUT2D eigenvalue weighted by molar-refractivity contribution is 5.87. The fraction of sp³-hybridized carbons (Fsp3) is 0.795. The predicted molar refractivity (Wildman–Crippen MR) is 390 cm³/mol. The molecule has 4 aliphatic heterocycles. The summed E-state index contributed by atoms with van der Waals surface area (Å²) in [5.41, 5.74) is 2.47. The van der Waals surface area contributed by atoms with Crippen molar-refractivity contribution in [3.63, 3.8) is 0 Å². The molecule has 4 amide bonds. The largest absolute Gasteiger partial charge is 0.466 e. The van der Waals surface area contributed by atoms with Crippen LogP contribution in [0.25, 0.3) is 0 Å². The summed E-state index contributed by atoms with van der Waals surface area (Å²) >= 11 is 0. The maximum Gasteiger partial charge on any atom is 0.321 e. The van der Waals surface area contributed by atoms with Gasteiger partial charge in [0.1, 0.15) is 0 Å². The minimum atomic E-state index is -0.360. The molecule has 94 heavy (non-hydrogen) atoms. The Morgan fingerprint density at radius 3 is 0.936 bits per heavy atom. The van der Waals surface area contributed by atoms with Crippen LogP contribution < -0.4 is 32.4 Å². The summed E-state index contributed by atoms with van der Waals surface area (Å²) in [6, 6.07) is -0.720. The summed E-state index contributed by atoms with van der Waals surface area (Å²) < 4.78 is 11.1. The number of allylic oxidation sites excluding steroid dienone is 2. The van der Waals surface area contributed by atoms with Gasteiger partial charge in [-0.2, -0.15) is 0 Å². The van der Waals surface area contributed by atoms with E-state index in [4.69, 9.17) is 19.4 Å². The molecule has 0 fully saturated rings. The minimum absolute atomic E-state index is 0.140. The number of urea groups is 2. The molecule has 2 aromatic heterocycles. The molecule has 16 heteroatoms. The Hall–Kier alpha value is -5.28. The smallest absolute Gasteiger partial charge is 0.321 e. The molecule has 0 radical (unpaired) electrons. The Kier molecular flexibility index (Phi) is 53.1. The van der Waals surface area contributed by atoms with Gasteiger partial charge in [0.05, 0.1) is 24.6 Å². The van der Waals surface area contributed by atoms with Crippen LogP contribution in [0.15, 0.2) is 34.9 Å². The van der Waals surface area contributed by atoms with Crippen LogP contribution in [0.5, 0.6) is 0 Å². The van der Waals surface area contributed by atoms with E-state index >= 15 is 0 Å². The topological polar surface area (TPSA) is 226 Å². The average Bonchev–Trinajstić information content (AvgIpc) is 0.890. The van der Waals surface area contributed by atoms with Gasteiger partial charge in [-0.25, -0.2) is 19.6 Å². The highest BCUT2D eigenvalue weighted by Crippen LogP contribution is 2.20. The number of hydrogen-bond acceptors (Lipinski definition) is 10. The quantitative estimate of drug-likeness (QED) is 0.0268. The first-order chi connectivity index (χ1) is 46.2. The first-order valence-electron chi connectivity index (χ1n) is 39.1. The fourth-order valence-corrected chi connectivity index (χ4v) is 12.8. The van der Waals surface area contributed by atoms with E-state index in [0.717, 1.165) is 153 Å². The molecule has 16 nitrogen and oxygen atoms in total. The van der Waals surface area contributed by atoms with Crippen molar-refractivity contribution in [2.75, 3.05) is 36.9 Å². The second-order valence-electron chi connectivity index (χ2n) is 27.2. The molecule has 4 bridgehead atoms. The van der Waals surface area contributed by atoms with Crippen LogP contribution in [0, 0.1) is 0 Å². The molecule has 0 unspecified atom stereocenters. The van der Waals surface area contributed by atoms with Gasteiger partial charge in [-0.05, 0) is 116 Å². The lowest BCUT2D eigenvalue weighted by Gasteiger charge is -2.12. The molecule has 2 aromatic rings. The molecule has 0 aromatic carbocycles. The lowest BCUT2D eigenvalue weighted by Crippen LogP contribution is -2.32. The summed E-state index contributed by atoms with van der Waals surface area (Å²) in [6.45, 7) is 9.43. The van der Waals surface area contributed by atoms with Gasteiger partial charge in [-0.1, -0.05) is 256 Å². The maximum atomic E-state index is 13.6. The number of unbranched alkanes of at least 4 members (excludes halogenated alkanes) is 14. The van der Waals surface area contributed by atoms with Crippen molar-refractivity contribution in [1.82, 2.24) is 30.6 Å². The van der Waals surface area contributed by atoms with Gasteiger partial charge in [0, 0.05) is 37.1 Å². The lowest BCUT2D eigenvalue weighted by atomic mass is 10.0. The Morgan fingerprint density at radius 2 is 0.628 bits per heavy atom. The van der Waals surface area contributed by atoms with Gasteiger partial charge >= 0.3 is 24.0 Å². The van der Waals surface area contributed by atoms with E-state index in [9.17, 15) is 28.8 Å². The molecule has 0 spiro atoms. The van der Waals surface area contributed by atoms with Crippen LogP contribution in [0.1, 0.15) is 369 Å². The summed E-state index contributed by atoms with van der Waals surface area (Å²) in [5, 5.41) is 11.5. The van der Waals surface area contributed by atoms with E-state index in [-0.39, 0.29) is 47.0 Å². The zero-order valence-corrected chi connectivity index (χ0v) is 59.6. The second kappa shape index (κ2) is 60.2. The molecule has 536 valence electrons. The predicted octanol–water partition coefficient (Wildman–Crippen LogP) is 20.5. The monoisotopic (exact) mass is 1310 g/mol. The van der Waals surface area contributed by atoms with E-state index in [1.165, 1.54) is 180 Å². The number of aryl methyl sites for hydroxylation is 2. The molecule has 0 atom stereocenters. The number of H-pyrrole nitrogens is 2. The minimum Gasteiger partial charge on any atom is -0.466 e. The number of carbonyl (C=O) groups excluding carboxylic acids is 4. The van der Waals surface area contributed by atoms with Crippen molar-refractivity contribution in [3.05, 3.63) is 68.5 Å². The van der Waals surface area contributed by atoms with E-state index in [0.29, 0.717) is 88.8 Å². The first-order valence-corrected chi connectivity index (χ1v) is 39.1. The summed E-state index contributed by atoms with van der Waals surface area (Å²) in [4.78, 5) is 93.3. The number of amides is 4. The Morgan fingerprint density at radius 1 is 0.351 bits per heavy atom. The summed E-state index contributed by atoms with van der Waals surface area (Å²) in [7, 11) is 0. The van der Waals surface area contributed by atoms with Crippen molar-refractivity contribution in [3.8, 4) is 0 Å². The third kappa shape index (κ3) is 46.8. The van der Waals surface area contributed by atoms with Crippen LogP contribution in [-0.4, -0.2) is 70.2 Å². The molecule has 0 saturated heterocycles. The molecule has 0 saturated carbocycles. The summed E-state index contributed by atoms with van der Waals surface area (Å²) in [5.74, 6) is 0.0720. The zero-order chi connectivity index (χ0) is 67.3. The van der Waals surface area contributed by atoms with Crippen LogP contribution in [0.3, 0.4) is 0 Å². The molecule has 6 N–H and O–H groups in total. The SMILES string of the molecule is C=CCCCCCCCCC(=O)OCCCCc1nc2[nH]c(=O)c1CCCCCCCCCCCCCCCCCCCNC(=O)Nc1nc(CCCCOC(=O)CCCCCCCCC=C)c(c(=O)[nH]1)CCCCCCCCCCCCCCCCCCCNC(=O)N2. The molecule has 4 aliphatic rings. The number of esters is 2. The molecule has 6 heterocycles. The number of carbonyl (C=O) groups is 4. The van der Waals surface area contributed by atoms with Crippen molar-refractivity contribution >= 4 is 35.9 Å². The first kappa shape index (κ1) is 82.9. The van der Waals surface area contributed by atoms with Gasteiger partial charge in [0.25, 0.3) is 11.1 Å². The molecular weight excluding hydrogens is 1180 g/mol. The van der Waals surface area contributed by atoms with Gasteiger partial charge in [0.15, 0.2) is 0 Å². The zero-order valence-electron chi connectivity index (χ0n) is 59.6. The third-order valence-corrected chi connectivity index (χ3v) is 18.7. The normalized spacial score (nSPS) is 17.0. The lowest BCUT2D eigenvalue weighted by molar-refractivity contribution is -0.144.